The molecular weight excluding hydrogens is 282 g/mol. The van der Waals surface area contributed by atoms with Crippen molar-refractivity contribution in [2.45, 2.75) is 57.4 Å². The molecule has 1 fully saturated rings. The Balaban J connectivity index is 1.45. The van der Waals surface area contributed by atoms with E-state index in [0.717, 1.165) is 43.2 Å². The number of aryl methyl sites for hydroxylation is 2. The van der Waals surface area contributed by atoms with E-state index in [-0.39, 0.29) is 0 Å². The van der Waals surface area contributed by atoms with Crippen molar-refractivity contribution in [3.8, 4) is 0 Å². The Morgan fingerprint density at radius 2 is 1.61 bits per heavy atom. The van der Waals surface area contributed by atoms with Crippen LogP contribution in [-0.2, 0) is 19.3 Å². The Kier molecular flexibility index (Phi) is 6.16. The average Bonchev–Trinajstić information content (AvgIpc) is 2.62. The molecule has 2 aromatic rings. The average molecular weight is 309 g/mol. The molecule has 122 valence electrons. The fourth-order valence-electron chi connectivity index (χ4n) is 3.35. The number of hydrogen-bond acceptors (Lipinski definition) is 3. The molecule has 0 amide bonds. The number of aromatic nitrogens is 2. The molecule has 0 atom stereocenters. The van der Waals surface area contributed by atoms with Crippen LogP contribution in [0.3, 0.4) is 0 Å². The van der Waals surface area contributed by atoms with Gasteiger partial charge in [-0.1, -0.05) is 49.6 Å². The van der Waals surface area contributed by atoms with Crippen LogP contribution in [0.1, 0.15) is 49.1 Å². The Morgan fingerprint density at radius 1 is 0.870 bits per heavy atom. The fourth-order valence-corrected chi connectivity index (χ4v) is 3.35. The van der Waals surface area contributed by atoms with Gasteiger partial charge < -0.3 is 5.32 Å². The van der Waals surface area contributed by atoms with Crippen LogP contribution < -0.4 is 5.32 Å². The van der Waals surface area contributed by atoms with E-state index in [1.54, 1.807) is 6.33 Å². The second-order valence-corrected chi connectivity index (χ2v) is 6.53. The Labute approximate surface area is 139 Å². The van der Waals surface area contributed by atoms with Crippen molar-refractivity contribution in [1.82, 2.24) is 15.3 Å². The van der Waals surface area contributed by atoms with Crippen molar-refractivity contribution in [2.24, 2.45) is 0 Å². The molecule has 1 heterocycles. The molecule has 1 saturated carbocycles. The maximum absolute atomic E-state index is 4.43. The van der Waals surface area contributed by atoms with Gasteiger partial charge in [0.1, 0.15) is 6.33 Å². The SMILES string of the molecule is c1ccc(CCc2cc(CCNC3CCCCC3)ncn2)cc1. The van der Waals surface area contributed by atoms with Crippen molar-refractivity contribution in [1.29, 1.82) is 0 Å². The summed E-state index contributed by atoms with van der Waals surface area (Å²) in [6.07, 6.45) is 11.6. The van der Waals surface area contributed by atoms with Crippen LogP contribution in [-0.4, -0.2) is 22.6 Å². The Morgan fingerprint density at radius 3 is 2.39 bits per heavy atom. The summed E-state index contributed by atoms with van der Waals surface area (Å²) < 4.78 is 0. The highest BCUT2D eigenvalue weighted by Crippen LogP contribution is 2.17. The first kappa shape index (κ1) is 16.1. The second kappa shape index (κ2) is 8.78. The summed E-state index contributed by atoms with van der Waals surface area (Å²) >= 11 is 0. The van der Waals surface area contributed by atoms with Gasteiger partial charge in [-0.3, -0.25) is 0 Å². The van der Waals surface area contributed by atoms with E-state index < -0.39 is 0 Å². The summed E-state index contributed by atoms with van der Waals surface area (Å²) in [5.74, 6) is 0. The van der Waals surface area contributed by atoms with E-state index in [4.69, 9.17) is 0 Å². The standard InChI is InChI=1S/C20H27N3/c1-3-7-17(8-4-1)11-12-19-15-20(23-16-22-19)13-14-21-18-9-5-2-6-10-18/h1,3-4,7-8,15-16,18,21H,2,5-6,9-14H2. The summed E-state index contributed by atoms with van der Waals surface area (Å²) in [4.78, 5) is 8.85. The van der Waals surface area contributed by atoms with Gasteiger partial charge in [-0.05, 0) is 37.3 Å². The summed E-state index contributed by atoms with van der Waals surface area (Å²) in [6.45, 7) is 1.03. The minimum atomic E-state index is 0.725. The van der Waals surface area contributed by atoms with Crippen LogP contribution in [0.4, 0.5) is 0 Å². The fraction of sp³-hybridized carbons (Fsp3) is 0.500. The zero-order valence-electron chi connectivity index (χ0n) is 13.9. The van der Waals surface area contributed by atoms with Crippen LogP contribution in [0.25, 0.3) is 0 Å². The first-order valence-corrected chi connectivity index (χ1v) is 8.97. The molecule has 1 aromatic carbocycles. The molecule has 1 aliphatic rings. The number of nitrogens with zero attached hydrogens (tertiary/aromatic N) is 2. The maximum atomic E-state index is 4.43. The third-order valence-corrected chi connectivity index (χ3v) is 4.71. The van der Waals surface area contributed by atoms with E-state index in [0.29, 0.717) is 0 Å². The van der Waals surface area contributed by atoms with Gasteiger partial charge in [0.2, 0.25) is 0 Å². The topological polar surface area (TPSA) is 37.8 Å². The van der Waals surface area contributed by atoms with Crippen molar-refractivity contribution in [2.75, 3.05) is 6.54 Å². The molecule has 0 spiro atoms. The van der Waals surface area contributed by atoms with Gasteiger partial charge in [-0.15, -0.1) is 0 Å². The van der Waals surface area contributed by atoms with Gasteiger partial charge in [0.15, 0.2) is 0 Å². The molecule has 3 heteroatoms. The quantitative estimate of drug-likeness (QED) is 0.847. The van der Waals surface area contributed by atoms with Crippen molar-refractivity contribution in [3.05, 3.63) is 59.7 Å². The molecule has 0 radical (unpaired) electrons. The predicted molar refractivity (Wildman–Crippen MR) is 94.5 cm³/mol. The number of rotatable bonds is 7. The molecule has 3 rings (SSSR count). The summed E-state index contributed by atoms with van der Waals surface area (Å²) in [7, 11) is 0. The lowest BCUT2D eigenvalue weighted by Gasteiger charge is -2.22. The molecule has 3 nitrogen and oxygen atoms in total. The van der Waals surface area contributed by atoms with Crippen LogP contribution in [0.5, 0.6) is 0 Å². The first-order valence-electron chi connectivity index (χ1n) is 8.97. The number of nitrogens with one attached hydrogen (secondary N) is 1. The smallest absolute Gasteiger partial charge is 0.115 e. The van der Waals surface area contributed by atoms with Gasteiger partial charge in [0.05, 0.1) is 0 Å². The van der Waals surface area contributed by atoms with Crippen LogP contribution in [0, 0.1) is 0 Å². The largest absolute Gasteiger partial charge is 0.314 e. The van der Waals surface area contributed by atoms with Crippen LogP contribution in [0.15, 0.2) is 42.7 Å². The third kappa shape index (κ3) is 5.43. The summed E-state index contributed by atoms with van der Waals surface area (Å²) in [5.41, 5.74) is 3.68. The zero-order chi connectivity index (χ0) is 15.7. The Hall–Kier alpha value is -1.74. The lowest BCUT2D eigenvalue weighted by Crippen LogP contribution is -2.32. The molecule has 0 aliphatic heterocycles. The Bertz CT molecular complexity index is 576. The highest BCUT2D eigenvalue weighted by Gasteiger charge is 2.12. The zero-order valence-corrected chi connectivity index (χ0v) is 13.9. The van der Waals surface area contributed by atoms with Gasteiger partial charge >= 0.3 is 0 Å². The second-order valence-electron chi connectivity index (χ2n) is 6.53. The summed E-state index contributed by atoms with van der Waals surface area (Å²) in [5, 5.41) is 3.69. The lowest BCUT2D eigenvalue weighted by molar-refractivity contribution is 0.375. The lowest BCUT2D eigenvalue weighted by atomic mass is 9.95. The molecular formula is C20H27N3. The number of hydrogen-bond donors (Lipinski definition) is 1. The van der Waals surface area contributed by atoms with Gasteiger partial charge in [-0.2, -0.15) is 0 Å². The molecule has 1 aliphatic carbocycles. The molecule has 23 heavy (non-hydrogen) atoms. The van der Waals surface area contributed by atoms with E-state index >= 15 is 0 Å². The molecule has 0 unspecified atom stereocenters. The van der Waals surface area contributed by atoms with Gasteiger partial charge in [-0.25, -0.2) is 9.97 Å². The highest BCUT2D eigenvalue weighted by molar-refractivity contribution is 5.17. The normalized spacial score (nSPS) is 15.7. The highest BCUT2D eigenvalue weighted by atomic mass is 14.9. The molecule has 1 N–H and O–H groups in total. The van der Waals surface area contributed by atoms with E-state index in [1.165, 1.54) is 37.7 Å². The van der Waals surface area contributed by atoms with E-state index in [1.807, 2.05) is 0 Å². The first-order chi connectivity index (χ1) is 11.4. The molecule has 0 saturated heterocycles. The monoisotopic (exact) mass is 309 g/mol. The van der Waals surface area contributed by atoms with E-state index in [9.17, 15) is 0 Å². The maximum Gasteiger partial charge on any atom is 0.115 e. The van der Waals surface area contributed by atoms with Gasteiger partial charge in [0, 0.05) is 30.4 Å². The van der Waals surface area contributed by atoms with Crippen LogP contribution >= 0.6 is 0 Å². The molecule has 1 aromatic heterocycles. The molecule has 0 bridgehead atoms. The minimum Gasteiger partial charge on any atom is -0.314 e. The third-order valence-electron chi connectivity index (χ3n) is 4.71. The predicted octanol–water partition coefficient (Wildman–Crippen LogP) is 3.73. The van der Waals surface area contributed by atoms with Gasteiger partial charge in [0.25, 0.3) is 0 Å². The van der Waals surface area contributed by atoms with Crippen molar-refractivity contribution < 1.29 is 0 Å². The van der Waals surface area contributed by atoms with Crippen molar-refractivity contribution in [3.63, 3.8) is 0 Å². The number of benzene rings is 1. The summed E-state index contributed by atoms with van der Waals surface area (Å²) in [6, 6.07) is 13.5. The minimum absolute atomic E-state index is 0.725. The van der Waals surface area contributed by atoms with Crippen molar-refractivity contribution >= 4 is 0 Å². The van der Waals surface area contributed by atoms with Crippen LogP contribution in [0.2, 0.25) is 0 Å². The van der Waals surface area contributed by atoms with E-state index in [2.05, 4.69) is 51.7 Å².